The SMILES string of the molecule is C=C(/C=C\C=C(/C)C(=N)N1C(=N)CCC1(C)C)NC(=O)c1cc2c(cc1OC)CCN(C(=O)OC(C)(C)C)C2. The minimum atomic E-state index is -0.585. The Morgan fingerprint density at radius 2 is 1.87 bits per heavy atom. The molecule has 9 nitrogen and oxygen atoms in total. The third-order valence-electron chi connectivity index (χ3n) is 6.79. The first-order valence-corrected chi connectivity index (χ1v) is 13.1. The summed E-state index contributed by atoms with van der Waals surface area (Å²) in [5.74, 6) is 0.820. The second-order valence-corrected chi connectivity index (χ2v) is 11.6. The maximum Gasteiger partial charge on any atom is 0.410 e. The van der Waals surface area contributed by atoms with Crippen LogP contribution >= 0.6 is 0 Å². The molecular weight excluding hydrogens is 494 g/mol. The molecule has 2 amide bonds. The van der Waals surface area contributed by atoms with Crippen LogP contribution in [0.4, 0.5) is 4.79 Å². The highest BCUT2D eigenvalue weighted by Gasteiger charge is 2.38. The van der Waals surface area contributed by atoms with E-state index in [1.54, 1.807) is 34.1 Å². The number of rotatable bonds is 6. The molecule has 3 rings (SSSR count). The average molecular weight is 536 g/mol. The predicted molar refractivity (Wildman–Crippen MR) is 153 cm³/mol. The Labute approximate surface area is 231 Å². The molecule has 2 aliphatic heterocycles. The standard InChI is InChI=1S/C30H41N5O4/c1-19(26(32)35-25(31)12-14-30(35,6)7)10-9-11-20(2)33-27(36)23-16-22-18-34(28(37)39-29(3,4)5)15-13-21(22)17-24(23)38-8/h9-11,16-17,31-32H,2,12-15,18H2,1,3-8H3,(H,33,36)/b11-9-,19-10+,31-25?,32-26?. The van der Waals surface area contributed by atoms with Crippen molar-refractivity contribution in [3.05, 3.63) is 64.9 Å². The van der Waals surface area contributed by atoms with E-state index in [9.17, 15) is 9.59 Å². The number of ether oxygens (including phenoxy) is 2. The van der Waals surface area contributed by atoms with Gasteiger partial charge in [-0.1, -0.05) is 18.7 Å². The number of allylic oxidation sites excluding steroid dienone is 3. The fourth-order valence-corrected chi connectivity index (χ4v) is 4.68. The predicted octanol–water partition coefficient (Wildman–Crippen LogP) is 5.56. The zero-order valence-corrected chi connectivity index (χ0v) is 24.2. The van der Waals surface area contributed by atoms with Gasteiger partial charge in [0.15, 0.2) is 0 Å². The van der Waals surface area contributed by atoms with Crippen molar-refractivity contribution in [1.82, 2.24) is 15.1 Å². The van der Waals surface area contributed by atoms with Crippen LogP contribution in [0.5, 0.6) is 5.75 Å². The molecule has 39 heavy (non-hydrogen) atoms. The Kier molecular flexibility index (Phi) is 8.73. The molecule has 0 spiro atoms. The van der Waals surface area contributed by atoms with E-state index in [4.69, 9.17) is 20.3 Å². The maximum absolute atomic E-state index is 13.1. The minimum Gasteiger partial charge on any atom is -0.496 e. The summed E-state index contributed by atoms with van der Waals surface area (Å²) in [7, 11) is 1.52. The van der Waals surface area contributed by atoms with Gasteiger partial charge in [-0.2, -0.15) is 0 Å². The number of fused-ring (bicyclic) bond motifs is 1. The number of amides is 2. The highest BCUT2D eigenvalue weighted by molar-refractivity contribution is 6.08. The molecule has 0 aromatic heterocycles. The zero-order chi connectivity index (χ0) is 29.1. The van der Waals surface area contributed by atoms with Crippen LogP contribution in [0.25, 0.3) is 0 Å². The first-order valence-electron chi connectivity index (χ1n) is 13.1. The number of carbonyl (C=O) groups is 2. The van der Waals surface area contributed by atoms with Crippen molar-refractivity contribution >= 4 is 23.7 Å². The van der Waals surface area contributed by atoms with Gasteiger partial charge in [-0.3, -0.25) is 15.6 Å². The lowest BCUT2D eigenvalue weighted by atomic mass is 9.96. The highest BCUT2D eigenvalue weighted by atomic mass is 16.6. The largest absolute Gasteiger partial charge is 0.496 e. The number of likely N-dealkylation sites (tertiary alicyclic amines) is 1. The quantitative estimate of drug-likeness (QED) is 0.250. The van der Waals surface area contributed by atoms with Crippen LogP contribution in [0.15, 0.2) is 48.2 Å². The molecule has 2 aliphatic rings. The second-order valence-electron chi connectivity index (χ2n) is 11.6. The summed E-state index contributed by atoms with van der Waals surface area (Å²) in [5.41, 5.74) is 2.47. The molecule has 0 unspecified atom stereocenters. The minimum absolute atomic E-state index is 0.261. The van der Waals surface area contributed by atoms with Crippen molar-refractivity contribution in [2.75, 3.05) is 13.7 Å². The van der Waals surface area contributed by atoms with E-state index >= 15 is 0 Å². The highest BCUT2D eigenvalue weighted by Crippen LogP contribution is 2.31. The van der Waals surface area contributed by atoms with E-state index in [-0.39, 0.29) is 17.5 Å². The van der Waals surface area contributed by atoms with Crippen molar-refractivity contribution in [2.45, 2.75) is 78.5 Å². The lowest BCUT2D eigenvalue weighted by Crippen LogP contribution is -2.44. The summed E-state index contributed by atoms with van der Waals surface area (Å²) in [6.45, 7) is 16.2. The summed E-state index contributed by atoms with van der Waals surface area (Å²) < 4.78 is 11.0. The van der Waals surface area contributed by atoms with Crippen molar-refractivity contribution in [2.24, 2.45) is 0 Å². The Balaban J connectivity index is 1.69. The summed E-state index contributed by atoms with van der Waals surface area (Å²) in [4.78, 5) is 29.1. The number of benzene rings is 1. The summed E-state index contributed by atoms with van der Waals surface area (Å²) >= 11 is 0. The van der Waals surface area contributed by atoms with Gasteiger partial charge >= 0.3 is 6.09 Å². The van der Waals surface area contributed by atoms with Crippen molar-refractivity contribution < 1.29 is 19.1 Å². The summed E-state index contributed by atoms with van der Waals surface area (Å²) in [6, 6.07) is 3.61. The first kappa shape index (κ1) is 29.7. The van der Waals surface area contributed by atoms with Crippen LogP contribution in [0.3, 0.4) is 0 Å². The van der Waals surface area contributed by atoms with E-state index < -0.39 is 5.60 Å². The molecule has 0 radical (unpaired) electrons. The molecule has 0 atom stereocenters. The van der Waals surface area contributed by atoms with Gasteiger partial charge in [0, 0.05) is 30.7 Å². The van der Waals surface area contributed by atoms with Crippen LogP contribution < -0.4 is 10.1 Å². The Morgan fingerprint density at radius 1 is 1.18 bits per heavy atom. The molecule has 210 valence electrons. The molecule has 1 aromatic carbocycles. The van der Waals surface area contributed by atoms with Gasteiger partial charge in [0.05, 0.1) is 12.7 Å². The Morgan fingerprint density at radius 3 is 2.46 bits per heavy atom. The lowest BCUT2D eigenvalue weighted by Gasteiger charge is -2.33. The molecule has 0 bridgehead atoms. The van der Waals surface area contributed by atoms with Gasteiger partial charge in [-0.25, -0.2) is 4.79 Å². The van der Waals surface area contributed by atoms with Crippen molar-refractivity contribution in [1.29, 1.82) is 10.8 Å². The van der Waals surface area contributed by atoms with E-state index in [0.29, 0.717) is 60.2 Å². The monoisotopic (exact) mass is 535 g/mol. The van der Waals surface area contributed by atoms with Crippen LogP contribution in [0.2, 0.25) is 0 Å². The van der Waals surface area contributed by atoms with Gasteiger partial charge in [-0.15, -0.1) is 0 Å². The molecule has 2 heterocycles. The number of amidine groups is 2. The molecule has 1 fully saturated rings. The molecule has 9 heteroatoms. The third-order valence-corrected chi connectivity index (χ3v) is 6.79. The first-order chi connectivity index (χ1) is 18.1. The van der Waals surface area contributed by atoms with E-state index in [2.05, 4.69) is 11.9 Å². The summed E-state index contributed by atoms with van der Waals surface area (Å²) in [5, 5.41) is 19.5. The van der Waals surface area contributed by atoms with Gasteiger partial charge in [0.1, 0.15) is 23.0 Å². The fraction of sp³-hybridized carbons (Fsp3) is 0.467. The topological polar surface area (TPSA) is 119 Å². The molecule has 0 saturated carbocycles. The van der Waals surface area contributed by atoms with Crippen LogP contribution in [0, 0.1) is 10.8 Å². The molecule has 3 N–H and O–H groups in total. The molecular formula is C30H41N5O4. The number of methoxy groups -OCH3 is 1. The smallest absolute Gasteiger partial charge is 0.410 e. The third kappa shape index (κ3) is 7.16. The van der Waals surface area contributed by atoms with Gasteiger partial charge < -0.3 is 24.6 Å². The van der Waals surface area contributed by atoms with Gasteiger partial charge in [0.25, 0.3) is 5.91 Å². The van der Waals surface area contributed by atoms with Crippen LogP contribution in [-0.4, -0.2) is 58.3 Å². The molecule has 1 saturated heterocycles. The fourth-order valence-electron chi connectivity index (χ4n) is 4.68. The van der Waals surface area contributed by atoms with Gasteiger partial charge in [0.2, 0.25) is 0 Å². The van der Waals surface area contributed by atoms with Crippen LogP contribution in [0.1, 0.15) is 75.9 Å². The van der Waals surface area contributed by atoms with E-state index in [1.807, 2.05) is 47.6 Å². The Hall–Kier alpha value is -3.88. The number of carbonyl (C=O) groups excluding carboxylic acids is 2. The number of hydrogen-bond acceptors (Lipinski definition) is 6. The second kappa shape index (κ2) is 11.5. The average Bonchev–Trinajstić information content (AvgIpc) is 3.12. The van der Waals surface area contributed by atoms with Crippen LogP contribution in [-0.2, 0) is 17.7 Å². The number of nitrogens with zero attached hydrogens (tertiary/aromatic N) is 2. The summed E-state index contributed by atoms with van der Waals surface area (Å²) in [6.07, 6.45) is 6.91. The Bertz CT molecular complexity index is 1250. The molecule has 0 aliphatic carbocycles. The zero-order valence-electron chi connectivity index (χ0n) is 24.2. The normalized spacial score (nSPS) is 17.2. The van der Waals surface area contributed by atoms with Crippen molar-refractivity contribution in [3.8, 4) is 5.75 Å². The van der Waals surface area contributed by atoms with E-state index in [0.717, 1.165) is 17.5 Å². The van der Waals surface area contributed by atoms with Crippen molar-refractivity contribution in [3.63, 3.8) is 0 Å². The number of nitrogens with one attached hydrogen (secondary N) is 3. The lowest BCUT2D eigenvalue weighted by molar-refractivity contribution is 0.0224. The maximum atomic E-state index is 13.1. The molecule has 1 aromatic rings. The van der Waals surface area contributed by atoms with E-state index in [1.165, 1.54) is 7.11 Å². The number of hydrogen-bond donors (Lipinski definition) is 3. The van der Waals surface area contributed by atoms with Gasteiger partial charge in [-0.05, 0) is 89.3 Å².